The number of benzene rings is 1. The summed E-state index contributed by atoms with van der Waals surface area (Å²) in [6.45, 7) is 1.48. The zero-order valence-electron chi connectivity index (χ0n) is 13.6. The number of amides is 1. The van der Waals surface area contributed by atoms with E-state index in [1.165, 1.54) is 22.5 Å². The van der Waals surface area contributed by atoms with Crippen molar-refractivity contribution in [2.75, 3.05) is 26.3 Å². The van der Waals surface area contributed by atoms with Crippen molar-refractivity contribution < 1.29 is 22.3 Å². The average molecular weight is 419 g/mol. The first-order chi connectivity index (χ1) is 12.4. The summed E-state index contributed by atoms with van der Waals surface area (Å²) in [5, 5.41) is 2.83. The van der Waals surface area contributed by atoms with Crippen LogP contribution in [0.4, 0.5) is 4.39 Å². The number of sulfonamides is 1. The highest BCUT2D eigenvalue weighted by molar-refractivity contribution is 7.91. The number of ether oxygens (including phenoxy) is 1. The van der Waals surface area contributed by atoms with E-state index in [1.807, 2.05) is 0 Å². The standard InChI is InChI=1S/C16H16ClFN2O4S2/c17-11-1-3-14(18)13(9-11)16(21)19-10-12-2-4-15(25-12)26(22,23)20-5-7-24-8-6-20/h1-4,9H,5-8,10H2,(H,19,21). The molecule has 0 aliphatic carbocycles. The number of hydrogen-bond acceptors (Lipinski definition) is 5. The summed E-state index contributed by atoms with van der Waals surface area (Å²) in [6.07, 6.45) is 0. The van der Waals surface area contributed by atoms with Gasteiger partial charge in [0.25, 0.3) is 15.9 Å². The Hall–Kier alpha value is -1.52. The minimum Gasteiger partial charge on any atom is -0.379 e. The first-order valence-corrected chi connectivity index (χ1v) is 10.4. The van der Waals surface area contributed by atoms with Crippen molar-refractivity contribution in [3.8, 4) is 0 Å². The lowest BCUT2D eigenvalue weighted by atomic mass is 10.2. The van der Waals surface area contributed by atoms with Crippen molar-refractivity contribution in [1.29, 1.82) is 0 Å². The number of hydrogen-bond donors (Lipinski definition) is 1. The number of nitrogens with zero attached hydrogens (tertiary/aromatic N) is 1. The summed E-state index contributed by atoms with van der Waals surface area (Å²) in [6, 6.07) is 6.86. The minimum atomic E-state index is -3.56. The number of carbonyl (C=O) groups is 1. The van der Waals surface area contributed by atoms with E-state index in [-0.39, 0.29) is 21.3 Å². The highest BCUT2D eigenvalue weighted by Crippen LogP contribution is 2.25. The van der Waals surface area contributed by atoms with Crippen LogP contribution in [0.25, 0.3) is 0 Å². The van der Waals surface area contributed by atoms with Crippen LogP contribution in [0, 0.1) is 5.82 Å². The highest BCUT2D eigenvalue weighted by Gasteiger charge is 2.27. The Morgan fingerprint density at radius 2 is 2.00 bits per heavy atom. The van der Waals surface area contributed by atoms with Gasteiger partial charge < -0.3 is 10.1 Å². The smallest absolute Gasteiger partial charge is 0.254 e. The number of carbonyl (C=O) groups excluding carboxylic acids is 1. The van der Waals surface area contributed by atoms with E-state index >= 15 is 0 Å². The largest absolute Gasteiger partial charge is 0.379 e. The fourth-order valence-electron chi connectivity index (χ4n) is 2.44. The van der Waals surface area contributed by atoms with Crippen molar-refractivity contribution in [3.05, 3.63) is 51.6 Å². The molecule has 0 unspecified atom stereocenters. The molecule has 0 bridgehead atoms. The molecule has 26 heavy (non-hydrogen) atoms. The molecule has 1 fully saturated rings. The lowest BCUT2D eigenvalue weighted by Gasteiger charge is -2.25. The van der Waals surface area contributed by atoms with Gasteiger partial charge in [0.15, 0.2) is 0 Å². The van der Waals surface area contributed by atoms with Crippen LogP contribution < -0.4 is 5.32 Å². The molecule has 1 aliphatic heterocycles. The van der Waals surface area contributed by atoms with E-state index < -0.39 is 21.7 Å². The van der Waals surface area contributed by atoms with Crippen LogP contribution in [0.15, 0.2) is 34.5 Å². The van der Waals surface area contributed by atoms with Crippen LogP contribution in [0.5, 0.6) is 0 Å². The molecule has 10 heteroatoms. The summed E-state index contributed by atoms with van der Waals surface area (Å²) < 4.78 is 45.6. The van der Waals surface area contributed by atoms with Gasteiger partial charge in [-0.3, -0.25) is 4.79 Å². The van der Waals surface area contributed by atoms with Crippen molar-refractivity contribution >= 4 is 38.9 Å². The van der Waals surface area contributed by atoms with Gasteiger partial charge in [0.1, 0.15) is 10.0 Å². The lowest BCUT2D eigenvalue weighted by Crippen LogP contribution is -2.40. The number of nitrogens with one attached hydrogen (secondary N) is 1. The third kappa shape index (κ3) is 4.24. The number of morpholine rings is 1. The molecule has 0 spiro atoms. The van der Waals surface area contributed by atoms with Crippen molar-refractivity contribution in [2.24, 2.45) is 0 Å². The van der Waals surface area contributed by atoms with Gasteiger partial charge in [0.2, 0.25) is 0 Å². The molecular formula is C16H16ClFN2O4S2. The maximum Gasteiger partial charge on any atom is 0.254 e. The molecule has 2 aromatic rings. The molecule has 3 rings (SSSR count). The summed E-state index contributed by atoms with van der Waals surface area (Å²) in [5.41, 5.74) is -0.157. The second-order valence-corrected chi connectivity index (χ2v) is 9.31. The molecule has 1 amide bonds. The molecule has 2 heterocycles. The summed E-state index contributed by atoms with van der Waals surface area (Å²) in [5.74, 6) is -1.29. The molecule has 140 valence electrons. The van der Waals surface area contributed by atoms with Gasteiger partial charge in [-0.15, -0.1) is 11.3 Å². The SMILES string of the molecule is O=C(NCc1ccc(S(=O)(=O)N2CCOCC2)s1)c1cc(Cl)ccc1F. The Labute approximate surface area is 159 Å². The average Bonchev–Trinajstić information content (AvgIpc) is 3.12. The Morgan fingerprint density at radius 3 is 2.73 bits per heavy atom. The van der Waals surface area contributed by atoms with E-state index in [0.29, 0.717) is 31.2 Å². The molecule has 6 nitrogen and oxygen atoms in total. The second kappa shape index (κ2) is 8.01. The molecular weight excluding hydrogens is 403 g/mol. The maximum absolute atomic E-state index is 13.7. The summed E-state index contributed by atoms with van der Waals surface area (Å²) >= 11 is 6.85. The fourth-order valence-corrected chi connectivity index (χ4v) is 5.47. The van der Waals surface area contributed by atoms with Crippen molar-refractivity contribution in [3.63, 3.8) is 0 Å². The Bertz CT molecular complexity index is 911. The molecule has 1 aliphatic rings. The van der Waals surface area contributed by atoms with Crippen LogP contribution in [0.1, 0.15) is 15.2 Å². The topological polar surface area (TPSA) is 75.7 Å². The molecule has 1 aromatic carbocycles. The predicted molar refractivity (Wildman–Crippen MR) is 96.5 cm³/mol. The Kier molecular flexibility index (Phi) is 5.93. The molecule has 0 saturated carbocycles. The first-order valence-electron chi connectivity index (χ1n) is 7.78. The summed E-state index contributed by atoms with van der Waals surface area (Å²) in [4.78, 5) is 12.7. The number of rotatable bonds is 5. The molecule has 0 atom stereocenters. The third-order valence-corrected chi connectivity index (χ3v) is 7.48. The van der Waals surface area contributed by atoms with Crippen molar-refractivity contribution in [1.82, 2.24) is 9.62 Å². The molecule has 0 radical (unpaired) electrons. The monoisotopic (exact) mass is 418 g/mol. The van der Waals surface area contributed by atoms with E-state index in [0.717, 1.165) is 17.4 Å². The number of halogens is 2. The third-order valence-electron chi connectivity index (χ3n) is 3.80. The maximum atomic E-state index is 13.7. The minimum absolute atomic E-state index is 0.0914. The van der Waals surface area contributed by atoms with E-state index in [4.69, 9.17) is 16.3 Å². The molecule has 1 N–H and O–H groups in total. The Balaban J connectivity index is 1.67. The van der Waals surface area contributed by atoms with Gasteiger partial charge >= 0.3 is 0 Å². The first kappa shape index (κ1) is 19.2. The molecule has 1 saturated heterocycles. The van der Waals surface area contributed by atoms with Crippen LogP contribution in [-0.2, 0) is 21.3 Å². The fraction of sp³-hybridized carbons (Fsp3) is 0.312. The van der Waals surface area contributed by atoms with Crippen LogP contribution in [0.2, 0.25) is 5.02 Å². The molecule has 1 aromatic heterocycles. The normalized spacial score (nSPS) is 15.8. The van der Waals surface area contributed by atoms with E-state index in [1.54, 1.807) is 6.07 Å². The van der Waals surface area contributed by atoms with Crippen LogP contribution >= 0.6 is 22.9 Å². The van der Waals surface area contributed by atoms with Gasteiger partial charge in [-0.25, -0.2) is 12.8 Å². The highest BCUT2D eigenvalue weighted by atomic mass is 35.5. The second-order valence-electron chi connectivity index (χ2n) is 5.54. The van der Waals surface area contributed by atoms with E-state index in [9.17, 15) is 17.6 Å². The van der Waals surface area contributed by atoms with Crippen molar-refractivity contribution in [2.45, 2.75) is 10.8 Å². The van der Waals surface area contributed by atoms with Gasteiger partial charge in [-0.2, -0.15) is 4.31 Å². The predicted octanol–water partition coefficient (Wildman–Crippen LogP) is 2.49. The number of thiophene rings is 1. The Morgan fingerprint density at radius 1 is 1.27 bits per heavy atom. The van der Waals surface area contributed by atoms with E-state index in [2.05, 4.69) is 5.32 Å². The van der Waals surface area contributed by atoms with Gasteiger partial charge in [0, 0.05) is 23.0 Å². The quantitative estimate of drug-likeness (QED) is 0.809. The van der Waals surface area contributed by atoms with Gasteiger partial charge in [0.05, 0.1) is 25.3 Å². The summed E-state index contributed by atoms with van der Waals surface area (Å²) in [7, 11) is -3.56. The van der Waals surface area contributed by atoms with Crippen LogP contribution in [0.3, 0.4) is 0 Å². The lowest BCUT2D eigenvalue weighted by molar-refractivity contribution is 0.0731. The zero-order valence-corrected chi connectivity index (χ0v) is 16.0. The zero-order chi connectivity index (χ0) is 18.7. The van der Waals surface area contributed by atoms with Crippen LogP contribution in [-0.4, -0.2) is 44.9 Å². The van der Waals surface area contributed by atoms with Gasteiger partial charge in [-0.05, 0) is 30.3 Å². The van der Waals surface area contributed by atoms with Gasteiger partial charge in [-0.1, -0.05) is 11.6 Å².